The lowest BCUT2D eigenvalue weighted by atomic mass is 10.2. The minimum Gasteiger partial charge on any atom is -0.272 e. The van der Waals surface area contributed by atoms with Gasteiger partial charge in [-0.1, -0.05) is 31.4 Å². The second kappa shape index (κ2) is 6.39. The van der Waals surface area contributed by atoms with E-state index in [0.29, 0.717) is 5.69 Å². The zero-order valence-corrected chi connectivity index (χ0v) is 13.1. The first-order valence-corrected chi connectivity index (χ1v) is 6.98. The van der Waals surface area contributed by atoms with Crippen LogP contribution in [0.3, 0.4) is 0 Å². The van der Waals surface area contributed by atoms with Gasteiger partial charge in [-0.3, -0.25) is 14.4 Å². The molecule has 23 heavy (non-hydrogen) atoms. The summed E-state index contributed by atoms with van der Waals surface area (Å²) in [5.74, 6) is -1.45. The Morgan fingerprint density at radius 1 is 1.09 bits per heavy atom. The van der Waals surface area contributed by atoms with Gasteiger partial charge in [0, 0.05) is 11.1 Å². The van der Waals surface area contributed by atoms with Crippen LogP contribution in [-0.4, -0.2) is 28.5 Å². The first kappa shape index (κ1) is 16.4. The third-order valence-corrected chi connectivity index (χ3v) is 3.16. The first-order chi connectivity index (χ1) is 10.8. The third-order valence-electron chi connectivity index (χ3n) is 3.16. The summed E-state index contributed by atoms with van der Waals surface area (Å²) in [6.07, 6.45) is -0.146. The quantitative estimate of drug-likeness (QED) is 0.804. The van der Waals surface area contributed by atoms with Gasteiger partial charge in [-0.15, -0.1) is 0 Å². The molecule has 6 heteroatoms. The zero-order chi connectivity index (χ0) is 17.1. The lowest BCUT2D eigenvalue weighted by molar-refractivity contribution is -0.135. The normalized spacial score (nSPS) is 13.6. The minimum atomic E-state index is -0.598. The van der Waals surface area contributed by atoms with Gasteiger partial charge in [0.1, 0.15) is 5.84 Å². The van der Waals surface area contributed by atoms with Gasteiger partial charge in [-0.2, -0.15) is 10.1 Å². The van der Waals surface area contributed by atoms with E-state index < -0.39 is 11.8 Å². The molecule has 2 rings (SSSR count). The minimum absolute atomic E-state index is 0.0693. The van der Waals surface area contributed by atoms with Gasteiger partial charge in [-0.25, -0.2) is 4.90 Å². The van der Waals surface area contributed by atoms with Crippen LogP contribution in [0.25, 0.3) is 0 Å². The fraction of sp³-hybridized carbons (Fsp3) is 0.176. The Hall–Kier alpha value is -3.02. The lowest BCUT2D eigenvalue weighted by Crippen LogP contribution is -2.42. The number of hydrogen-bond donors (Lipinski definition) is 0. The summed E-state index contributed by atoms with van der Waals surface area (Å²) < 4.78 is 0. The maximum absolute atomic E-state index is 12.3. The van der Waals surface area contributed by atoms with Crippen LogP contribution >= 0.6 is 0 Å². The molecule has 6 nitrogen and oxygen atoms in total. The second-order valence-corrected chi connectivity index (χ2v) is 5.24. The van der Waals surface area contributed by atoms with Crippen molar-refractivity contribution in [2.24, 2.45) is 5.10 Å². The van der Waals surface area contributed by atoms with Crippen molar-refractivity contribution in [1.82, 2.24) is 4.90 Å². The molecule has 0 atom stereocenters. The predicted molar refractivity (Wildman–Crippen MR) is 87.5 cm³/mol. The van der Waals surface area contributed by atoms with Gasteiger partial charge in [-0.05, 0) is 26.0 Å². The van der Waals surface area contributed by atoms with Crippen LogP contribution in [0, 0.1) is 0 Å². The van der Waals surface area contributed by atoms with E-state index in [4.69, 9.17) is 0 Å². The number of benzene rings is 1. The number of nitrogens with zero attached hydrogens (tertiary/aromatic N) is 3. The Labute approximate surface area is 134 Å². The maximum atomic E-state index is 12.3. The topological polar surface area (TPSA) is 70.1 Å². The molecule has 0 saturated carbocycles. The van der Waals surface area contributed by atoms with E-state index in [1.807, 2.05) is 6.07 Å². The first-order valence-electron chi connectivity index (χ1n) is 6.98. The second-order valence-electron chi connectivity index (χ2n) is 5.24. The third kappa shape index (κ3) is 3.26. The number of hydrogen-bond acceptors (Lipinski definition) is 4. The van der Waals surface area contributed by atoms with Crippen LogP contribution in [-0.2, 0) is 14.4 Å². The standard InChI is InChI=1S/C17H17N3O3/c1-11(2)16(22)19(17(23)12(3)4)14-10-15(21)20(18-14)13-8-6-5-7-9-13/h5-9H,1,3,10H2,2,4H3. The summed E-state index contributed by atoms with van der Waals surface area (Å²) in [7, 11) is 0. The molecule has 118 valence electrons. The van der Waals surface area contributed by atoms with Crippen molar-refractivity contribution in [2.45, 2.75) is 20.3 Å². The summed E-state index contributed by atoms with van der Waals surface area (Å²) in [6, 6.07) is 8.79. The SMILES string of the molecule is C=C(C)C(=O)N(C(=O)C(=C)C)C1=NN(c2ccccc2)C(=O)C1. The molecular weight excluding hydrogens is 294 g/mol. The molecule has 1 aromatic rings. The summed E-state index contributed by atoms with van der Waals surface area (Å²) in [6.45, 7) is 10.1. The van der Waals surface area contributed by atoms with Crippen molar-refractivity contribution in [1.29, 1.82) is 0 Å². The summed E-state index contributed by atoms with van der Waals surface area (Å²) in [4.78, 5) is 37.6. The Bertz CT molecular complexity index is 709. The lowest BCUT2D eigenvalue weighted by Gasteiger charge is -2.19. The molecule has 0 N–H and O–H groups in total. The van der Waals surface area contributed by atoms with Gasteiger partial charge in [0.25, 0.3) is 17.7 Å². The highest BCUT2D eigenvalue weighted by atomic mass is 16.2. The molecule has 0 fully saturated rings. The molecule has 1 aromatic carbocycles. The fourth-order valence-electron chi connectivity index (χ4n) is 2.02. The van der Waals surface area contributed by atoms with Crippen LogP contribution < -0.4 is 5.01 Å². The van der Waals surface area contributed by atoms with E-state index in [1.54, 1.807) is 24.3 Å². The summed E-state index contributed by atoms with van der Waals surface area (Å²) >= 11 is 0. The fourth-order valence-corrected chi connectivity index (χ4v) is 2.02. The van der Waals surface area contributed by atoms with Crippen molar-refractivity contribution in [2.75, 3.05) is 5.01 Å². The molecule has 0 bridgehead atoms. The Balaban J connectivity index is 2.42. The highest BCUT2D eigenvalue weighted by molar-refractivity contribution is 6.26. The van der Waals surface area contributed by atoms with Gasteiger partial charge in [0.05, 0.1) is 12.1 Å². The predicted octanol–water partition coefficient (Wildman–Crippen LogP) is 2.24. The Morgan fingerprint density at radius 2 is 1.61 bits per heavy atom. The van der Waals surface area contributed by atoms with E-state index >= 15 is 0 Å². The van der Waals surface area contributed by atoms with Gasteiger partial charge in [0.2, 0.25) is 0 Å². The van der Waals surface area contributed by atoms with Gasteiger partial charge >= 0.3 is 0 Å². The van der Waals surface area contributed by atoms with Gasteiger partial charge in [0.15, 0.2) is 0 Å². The van der Waals surface area contributed by atoms with E-state index in [1.165, 1.54) is 18.9 Å². The molecule has 0 saturated heterocycles. The monoisotopic (exact) mass is 311 g/mol. The van der Waals surface area contributed by atoms with Crippen LogP contribution in [0.5, 0.6) is 0 Å². The average molecular weight is 311 g/mol. The van der Waals surface area contributed by atoms with Crippen LogP contribution in [0.1, 0.15) is 20.3 Å². The number of anilines is 1. The van der Waals surface area contributed by atoms with Crippen LogP contribution in [0.4, 0.5) is 5.69 Å². The number of amidine groups is 1. The number of rotatable bonds is 3. The molecule has 0 spiro atoms. The average Bonchev–Trinajstić information content (AvgIpc) is 2.89. The Morgan fingerprint density at radius 3 is 2.09 bits per heavy atom. The van der Waals surface area contributed by atoms with E-state index in [9.17, 15) is 14.4 Å². The van der Waals surface area contributed by atoms with Crippen molar-refractivity contribution in [3.8, 4) is 0 Å². The molecular formula is C17H17N3O3. The van der Waals surface area contributed by atoms with Crippen LogP contribution in [0.2, 0.25) is 0 Å². The molecule has 1 aliphatic rings. The van der Waals surface area contributed by atoms with Crippen LogP contribution in [0.15, 0.2) is 59.7 Å². The number of amides is 3. The van der Waals surface area contributed by atoms with Crippen molar-refractivity contribution in [3.63, 3.8) is 0 Å². The van der Waals surface area contributed by atoms with Crippen molar-refractivity contribution < 1.29 is 14.4 Å². The highest BCUT2D eigenvalue weighted by Gasteiger charge is 2.35. The van der Waals surface area contributed by atoms with E-state index in [0.717, 1.165) is 4.90 Å². The number of para-hydroxylation sites is 1. The molecule has 1 aliphatic heterocycles. The maximum Gasteiger partial charge on any atom is 0.261 e. The van der Waals surface area contributed by atoms with Crippen molar-refractivity contribution >= 4 is 29.2 Å². The van der Waals surface area contributed by atoms with E-state index in [2.05, 4.69) is 18.3 Å². The number of hydrazone groups is 1. The molecule has 0 aromatic heterocycles. The Kier molecular flexibility index (Phi) is 4.55. The van der Waals surface area contributed by atoms with Crippen molar-refractivity contribution in [3.05, 3.63) is 54.6 Å². The molecule has 0 unspecified atom stereocenters. The summed E-state index contributed by atoms with van der Waals surface area (Å²) in [5.41, 5.74) is 0.916. The molecule has 1 heterocycles. The number of imide groups is 1. The smallest absolute Gasteiger partial charge is 0.261 e. The number of carbonyl (C=O) groups is 3. The molecule has 3 amide bonds. The molecule has 0 radical (unpaired) electrons. The number of carbonyl (C=O) groups excluding carboxylic acids is 3. The van der Waals surface area contributed by atoms with E-state index in [-0.39, 0.29) is 29.3 Å². The van der Waals surface area contributed by atoms with Gasteiger partial charge < -0.3 is 0 Å². The largest absolute Gasteiger partial charge is 0.272 e. The highest BCUT2D eigenvalue weighted by Crippen LogP contribution is 2.22. The molecule has 0 aliphatic carbocycles. The zero-order valence-electron chi connectivity index (χ0n) is 13.1. The summed E-state index contributed by atoms with van der Waals surface area (Å²) in [5, 5.41) is 5.33.